The summed E-state index contributed by atoms with van der Waals surface area (Å²) in [6.07, 6.45) is 3.49. The minimum absolute atomic E-state index is 0.228. The van der Waals surface area contributed by atoms with Crippen LogP contribution in [0.2, 0.25) is 0 Å². The van der Waals surface area contributed by atoms with E-state index in [4.69, 9.17) is 10.3 Å². The van der Waals surface area contributed by atoms with Crippen molar-refractivity contribution in [1.82, 2.24) is 9.78 Å². The third kappa shape index (κ3) is 2.55. The van der Waals surface area contributed by atoms with Crippen LogP contribution in [0.4, 0.5) is 5.69 Å². The zero-order valence-electron chi connectivity index (χ0n) is 11.5. The van der Waals surface area contributed by atoms with Gasteiger partial charge in [0.1, 0.15) is 0 Å². The summed E-state index contributed by atoms with van der Waals surface area (Å²) in [5, 5.41) is 22.3. The normalized spacial score (nSPS) is 10.4. The lowest BCUT2D eigenvalue weighted by Gasteiger charge is -2.05. The van der Waals surface area contributed by atoms with Crippen LogP contribution in [0.5, 0.6) is 0 Å². The molecule has 0 bridgehead atoms. The number of carbonyl (C=O) groups is 1. The van der Waals surface area contributed by atoms with Gasteiger partial charge >= 0.3 is 5.97 Å². The predicted molar refractivity (Wildman–Crippen MR) is 81.4 cm³/mol. The maximum atomic E-state index is 10.9. The highest BCUT2D eigenvalue weighted by Crippen LogP contribution is 2.27. The summed E-state index contributed by atoms with van der Waals surface area (Å²) in [5.74, 6) is -0.962. The third-order valence-corrected chi connectivity index (χ3v) is 3.32. The Labute approximate surface area is 126 Å². The number of rotatable bonds is 4. The number of carboxylic acid groups (broad SMARTS) is 1. The van der Waals surface area contributed by atoms with Gasteiger partial charge in [-0.3, -0.25) is 10.7 Å². The number of aromatic nitrogens is 2. The van der Waals surface area contributed by atoms with Gasteiger partial charge in [0.2, 0.25) is 0 Å². The molecule has 6 nitrogen and oxygen atoms in total. The van der Waals surface area contributed by atoms with Gasteiger partial charge in [-0.1, -0.05) is 18.2 Å². The molecule has 2 aromatic carbocycles. The highest BCUT2D eigenvalue weighted by atomic mass is 16.5. The van der Waals surface area contributed by atoms with E-state index in [1.807, 2.05) is 24.4 Å². The summed E-state index contributed by atoms with van der Waals surface area (Å²) in [6, 6.07) is 13.8. The molecule has 0 aliphatic carbocycles. The number of para-hydroxylation sites is 1. The Hall–Kier alpha value is -3.12. The summed E-state index contributed by atoms with van der Waals surface area (Å²) < 4.78 is 1.65. The van der Waals surface area contributed by atoms with Crippen molar-refractivity contribution in [1.29, 1.82) is 0 Å². The standard InChI is InChI=1S/C16H13N3O3/c20-16(21)11-5-7-13(8-6-11)19-10-12(9-17-19)14-3-1-2-4-15(14)18-22/h1-10,18,22H,(H,20,21). The zero-order valence-corrected chi connectivity index (χ0v) is 11.5. The highest BCUT2D eigenvalue weighted by molar-refractivity contribution is 5.87. The molecule has 0 spiro atoms. The molecular formula is C16H13N3O3. The molecule has 1 heterocycles. The van der Waals surface area contributed by atoms with E-state index in [2.05, 4.69) is 10.6 Å². The third-order valence-electron chi connectivity index (χ3n) is 3.32. The molecule has 0 atom stereocenters. The smallest absolute Gasteiger partial charge is 0.335 e. The van der Waals surface area contributed by atoms with Crippen molar-refractivity contribution in [3.8, 4) is 16.8 Å². The fraction of sp³-hybridized carbons (Fsp3) is 0. The van der Waals surface area contributed by atoms with E-state index < -0.39 is 5.97 Å². The molecule has 0 amide bonds. The van der Waals surface area contributed by atoms with E-state index in [9.17, 15) is 4.79 Å². The van der Waals surface area contributed by atoms with Crippen molar-refractivity contribution in [3.05, 3.63) is 66.5 Å². The number of benzene rings is 2. The summed E-state index contributed by atoms with van der Waals surface area (Å²) in [7, 11) is 0. The number of aromatic carboxylic acids is 1. The molecule has 1 aromatic heterocycles. The number of nitrogens with one attached hydrogen (secondary N) is 1. The van der Waals surface area contributed by atoms with Gasteiger partial charge in [-0.2, -0.15) is 5.10 Å². The molecule has 6 heteroatoms. The lowest BCUT2D eigenvalue weighted by molar-refractivity contribution is 0.0697. The van der Waals surface area contributed by atoms with E-state index in [0.29, 0.717) is 5.69 Å². The average molecular weight is 295 g/mol. The molecule has 0 saturated heterocycles. The summed E-state index contributed by atoms with van der Waals surface area (Å²) in [5.41, 5.74) is 5.38. The second kappa shape index (κ2) is 5.71. The molecular weight excluding hydrogens is 282 g/mol. The van der Waals surface area contributed by atoms with Crippen molar-refractivity contribution in [2.24, 2.45) is 0 Å². The Kier molecular flexibility index (Phi) is 3.59. The molecule has 3 rings (SSSR count). The first-order valence-electron chi connectivity index (χ1n) is 6.57. The van der Waals surface area contributed by atoms with Crippen molar-refractivity contribution in [2.45, 2.75) is 0 Å². The molecule has 0 aliphatic rings. The number of hydrogen-bond donors (Lipinski definition) is 3. The van der Waals surface area contributed by atoms with Crippen LogP contribution >= 0.6 is 0 Å². The van der Waals surface area contributed by atoms with E-state index in [0.717, 1.165) is 16.8 Å². The number of nitrogens with zero attached hydrogens (tertiary/aromatic N) is 2. The van der Waals surface area contributed by atoms with Gasteiger partial charge in [0.25, 0.3) is 0 Å². The molecule has 0 saturated carbocycles. The highest BCUT2D eigenvalue weighted by Gasteiger charge is 2.08. The Balaban J connectivity index is 1.95. The molecule has 0 aliphatic heterocycles. The Bertz CT molecular complexity index is 810. The Morgan fingerprint density at radius 3 is 2.50 bits per heavy atom. The monoisotopic (exact) mass is 295 g/mol. The maximum Gasteiger partial charge on any atom is 0.335 e. The van der Waals surface area contributed by atoms with Crippen LogP contribution in [0.1, 0.15) is 10.4 Å². The fourth-order valence-corrected chi connectivity index (χ4v) is 2.19. The van der Waals surface area contributed by atoms with Crippen molar-refractivity contribution in [2.75, 3.05) is 5.48 Å². The Morgan fingerprint density at radius 1 is 1.09 bits per heavy atom. The van der Waals surface area contributed by atoms with Crippen LogP contribution in [0, 0.1) is 0 Å². The average Bonchev–Trinajstić information content (AvgIpc) is 3.04. The first-order chi connectivity index (χ1) is 10.7. The molecule has 0 radical (unpaired) electrons. The second-order valence-corrected chi connectivity index (χ2v) is 4.68. The molecule has 3 N–H and O–H groups in total. The largest absolute Gasteiger partial charge is 0.478 e. The van der Waals surface area contributed by atoms with Gasteiger partial charge in [0, 0.05) is 17.3 Å². The molecule has 0 fully saturated rings. The van der Waals surface area contributed by atoms with Crippen LogP contribution in [0.25, 0.3) is 16.8 Å². The number of anilines is 1. The zero-order chi connectivity index (χ0) is 15.5. The first-order valence-corrected chi connectivity index (χ1v) is 6.57. The van der Waals surface area contributed by atoms with Crippen LogP contribution in [0.3, 0.4) is 0 Å². The molecule has 22 heavy (non-hydrogen) atoms. The van der Waals surface area contributed by atoms with E-state index in [-0.39, 0.29) is 5.56 Å². The van der Waals surface area contributed by atoms with Crippen molar-refractivity contribution >= 4 is 11.7 Å². The van der Waals surface area contributed by atoms with E-state index in [1.54, 1.807) is 29.1 Å². The van der Waals surface area contributed by atoms with Crippen LogP contribution < -0.4 is 5.48 Å². The minimum Gasteiger partial charge on any atom is -0.478 e. The van der Waals surface area contributed by atoms with Crippen LogP contribution in [0.15, 0.2) is 60.9 Å². The van der Waals surface area contributed by atoms with E-state index in [1.165, 1.54) is 12.1 Å². The van der Waals surface area contributed by atoms with Gasteiger partial charge in [0.05, 0.1) is 23.1 Å². The van der Waals surface area contributed by atoms with Gasteiger partial charge in [-0.15, -0.1) is 0 Å². The lowest BCUT2D eigenvalue weighted by Crippen LogP contribution is -1.98. The SMILES string of the molecule is O=C(O)c1ccc(-n2cc(-c3ccccc3NO)cn2)cc1. The van der Waals surface area contributed by atoms with E-state index >= 15 is 0 Å². The van der Waals surface area contributed by atoms with Crippen molar-refractivity contribution in [3.63, 3.8) is 0 Å². The van der Waals surface area contributed by atoms with Gasteiger partial charge in [-0.05, 0) is 30.3 Å². The molecule has 3 aromatic rings. The van der Waals surface area contributed by atoms with Crippen LogP contribution in [-0.2, 0) is 0 Å². The first kappa shape index (κ1) is 13.8. The maximum absolute atomic E-state index is 10.9. The fourth-order valence-electron chi connectivity index (χ4n) is 2.19. The number of hydrogen-bond acceptors (Lipinski definition) is 4. The predicted octanol–water partition coefficient (Wildman–Crippen LogP) is 3.04. The van der Waals surface area contributed by atoms with Crippen molar-refractivity contribution < 1.29 is 15.1 Å². The quantitative estimate of drug-likeness (QED) is 0.644. The summed E-state index contributed by atoms with van der Waals surface area (Å²) >= 11 is 0. The minimum atomic E-state index is -0.962. The van der Waals surface area contributed by atoms with Gasteiger partial charge in [-0.25, -0.2) is 9.48 Å². The van der Waals surface area contributed by atoms with Gasteiger partial charge in [0.15, 0.2) is 0 Å². The Morgan fingerprint density at radius 2 is 1.82 bits per heavy atom. The lowest BCUT2D eigenvalue weighted by atomic mass is 10.1. The topological polar surface area (TPSA) is 87.4 Å². The summed E-state index contributed by atoms with van der Waals surface area (Å²) in [6.45, 7) is 0. The van der Waals surface area contributed by atoms with Gasteiger partial charge < -0.3 is 5.11 Å². The second-order valence-electron chi connectivity index (χ2n) is 4.68. The molecule has 110 valence electrons. The molecule has 0 unspecified atom stereocenters. The summed E-state index contributed by atoms with van der Waals surface area (Å²) in [4.78, 5) is 10.9. The van der Waals surface area contributed by atoms with Crippen LogP contribution in [-0.4, -0.2) is 26.1 Å². The number of carboxylic acids is 1.